The van der Waals surface area contributed by atoms with Gasteiger partial charge in [0.2, 0.25) is 6.43 Å². The molecule has 2 unspecified atom stereocenters. The maximum absolute atomic E-state index is 13.2. The first-order chi connectivity index (χ1) is 12.4. The second-order valence-corrected chi connectivity index (χ2v) is 8.03. The van der Waals surface area contributed by atoms with Gasteiger partial charge in [0.1, 0.15) is 0 Å². The van der Waals surface area contributed by atoms with Crippen molar-refractivity contribution in [3.63, 3.8) is 0 Å². The lowest BCUT2D eigenvalue weighted by Crippen LogP contribution is -2.27. The van der Waals surface area contributed by atoms with Crippen LogP contribution in [0.15, 0.2) is 39.9 Å². The zero-order valence-electron chi connectivity index (χ0n) is 15.0. The van der Waals surface area contributed by atoms with E-state index in [1.165, 1.54) is 36.8 Å². The number of nitrogens with one attached hydrogen (secondary N) is 2. The third-order valence-electron chi connectivity index (χ3n) is 5.06. The van der Waals surface area contributed by atoms with Crippen molar-refractivity contribution in [1.82, 2.24) is 10.3 Å². The fourth-order valence-electron chi connectivity index (χ4n) is 3.59. The quantitative estimate of drug-likeness (QED) is 0.568. The largest absolute Gasteiger partial charge is 0.383 e. The minimum Gasteiger partial charge on any atom is -0.383 e. The lowest BCUT2D eigenvalue weighted by molar-refractivity contribution is 0.0565. The molecule has 1 aliphatic rings. The predicted octanol–water partition coefficient (Wildman–Crippen LogP) is 5.77. The summed E-state index contributed by atoms with van der Waals surface area (Å²) in [4.78, 5) is 7.32. The molecule has 0 saturated heterocycles. The van der Waals surface area contributed by atoms with Gasteiger partial charge in [-0.25, -0.2) is 8.78 Å². The Hall–Kier alpha value is -1.69. The van der Waals surface area contributed by atoms with Crippen LogP contribution < -0.4 is 5.32 Å². The number of hydrogen-bond acceptors (Lipinski definition) is 2. The zero-order chi connectivity index (χ0) is 18.7. The molecule has 140 valence electrons. The van der Waals surface area contributed by atoms with Gasteiger partial charge >= 0.3 is 0 Å². The summed E-state index contributed by atoms with van der Waals surface area (Å²) in [5.74, 6) is 0. The van der Waals surface area contributed by atoms with Crippen molar-refractivity contribution >= 4 is 33.0 Å². The molecule has 2 N–H and O–H groups in total. The maximum atomic E-state index is 13.2. The van der Waals surface area contributed by atoms with Crippen LogP contribution in [0.3, 0.4) is 0 Å². The number of fused-ring (bicyclic) bond motifs is 3. The van der Waals surface area contributed by atoms with E-state index in [1.807, 2.05) is 12.3 Å². The second-order valence-electron chi connectivity index (χ2n) is 7.12. The highest BCUT2D eigenvalue weighted by Crippen LogP contribution is 2.36. The summed E-state index contributed by atoms with van der Waals surface area (Å²) in [6, 6.07) is 6.45. The van der Waals surface area contributed by atoms with E-state index in [9.17, 15) is 8.78 Å². The number of aromatic amines is 1. The van der Waals surface area contributed by atoms with Crippen molar-refractivity contribution < 1.29 is 8.78 Å². The first-order valence-electron chi connectivity index (χ1n) is 8.87. The molecular formula is C20H24BrF2N3. The number of allylic oxidation sites excluding steroid dienone is 1. The monoisotopic (exact) mass is 423 g/mol. The van der Waals surface area contributed by atoms with Gasteiger partial charge in [0.15, 0.2) is 0 Å². The normalized spacial score (nSPS) is 20.2. The minimum atomic E-state index is -2.44. The molecule has 26 heavy (non-hydrogen) atoms. The first-order valence-corrected chi connectivity index (χ1v) is 9.66. The molecule has 1 heterocycles. The summed E-state index contributed by atoms with van der Waals surface area (Å²) in [5.41, 5.74) is 2.48. The van der Waals surface area contributed by atoms with Crippen molar-refractivity contribution in [1.29, 1.82) is 0 Å². The minimum absolute atomic E-state index is 0.179. The highest BCUT2D eigenvalue weighted by molar-refractivity contribution is 9.10. The summed E-state index contributed by atoms with van der Waals surface area (Å²) < 4.78 is 27.6. The summed E-state index contributed by atoms with van der Waals surface area (Å²) in [5, 5.41) is 4.65. The fourth-order valence-corrected chi connectivity index (χ4v) is 3.95. The Bertz CT molecular complexity index is 828. The van der Waals surface area contributed by atoms with Crippen LogP contribution in [-0.4, -0.2) is 24.7 Å². The molecule has 0 bridgehead atoms. The van der Waals surface area contributed by atoms with E-state index in [0.29, 0.717) is 0 Å². The molecule has 0 spiro atoms. The molecule has 0 amide bonds. The van der Waals surface area contributed by atoms with Crippen LogP contribution in [0.25, 0.3) is 10.9 Å². The summed E-state index contributed by atoms with van der Waals surface area (Å²) >= 11 is 3.54. The van der Waals surface area contributed by atoms with E-state index in [0.717, 1.165) is 29.3 Å². The van der Waals surface area contributed by atoms with Gasteiger partial charge in [0.25, 0.3) is 0 Å². The number of alkyl halides is 2. The number of nitrogens with zero attached hydrogens (tertiary/aromatic N) is 1. The first kappa shape index (κ1) is 19.1. The van der Waals surface area contributed by atoms with Gasteiger partial charge in [-0.05, 0) is 62.6 Å². The van der Waals surface area contributed by atoms with Gasteiger partial charge in [-0.2, -0.15) is 0 Å². The van der Waals surface area contributed by atoms with Crippen LogP contribution in [0, 0.1) is 5.41 Å². The number of benzene rings is 1. The van der Waals surface area contributed by atoms with E-state index in [1.54, 1.807) is 6.08 Å². The number of H-pyrrole nitrogens is 1. The van der Waals surface area contributed by atoms with Crippen LogP contribution >= 0.6 is 15.9 Å². The molecular weight excluding hydrogens is 400 g/mol. The van der Waals surface area contributed by atoms with E-state index < -0.39 is 11.8 Å². The van der Waals surface area contributed by atoms with Crippen LogP contribution in [0.2, 0.25) is 0 Å². The number of rotatable bonds is 6. The molecule has 0 aliphatic heterocycles. The van der Waals surface area contributed by atoms with E-state index in [-0.39, 0.29) is 12.5 Å². The summed E-state index contributed by atoms with van der Waals surface area (Å²) in [6.45, 7) is 1.53. The maximum Gasteiger partial charge on any atom is 0.249 e. The highest BCUT2D eigenvalue weighted by atomic mass is 79.9. The Labute approximate surface area is 161 Å². The Kier molecular flexibility index (Phi) is 5.80. The Morgan fingerprint density at radius 2 is 2.27 bits per heavy atom. The van der Waals surface area contributed by atoms with Crippen LogP contribution in [0.1, 0.15) is 43.5 Å². The number of aryl methyl sites for hydroxylation is 1. The molecule has 0 saturated carbocycles. The average molecular weight is 424 g/mol. The Morgan fingerprint density at radius 1 is 1.46 bits per heavy atom. The molecule has 1 aromatic heterocycles. The molecule has 0 radical (unpaired) electrons. The highest BCUT2D eigenvalue weighted by Gasteiger charge is 2.32. The molecule has 2 atom stereocenters. The smallest absolute Gasteiger partial charge is 0.249 e. The number of hydrogen-bond donors (Lipinski definition) is 2. The number of halogens is 3. The summed E-state index contributed by atoms with van der Waals surface area (Å²) in [6.07, 6.45) is 5.92. The van der Waals surface area contributed by atoms with E-state index in [4.69, 9.17) is 0 Å². The van der Waals surface area contributed by atoms with Gasteiger partial charge < -0.3 is 15.3 Å². The fraction of sp³-hybridized carbons (Fsp3) is 0.450. The van der Waals surface area contributed by atoms with Crippen molar-refractivity contribution in [3.05, 3.63) is 46.2 Å². The second kappa shape index (κ2) is 7.91. The van der Waals surface area contributed by atoms with Crippen molar-refractivity contribution in [2.75, 3.05) is 7.05 Å². The lowest BCUT2D eigenvalue weighted by atomic mass is 9.88. The number of aromatic nitrogens is 1. The van der Waals surface area contributed by atoms with Crippen LogP contribution in [-0.2, 0) is 6.42 Å². The van der Waals surface area contributed by atoms with Gasteiger partial charge in [-0.1, -0.05) is 22.0 Å². The number of aliphatic imine (C=N–C) groups is 1. The molecule has 3 nitrogen and oxygen atoms in total. The van der Waals surface area contributed by atoms with Gasteiger partial charge in [-0.3, -0.25) is 0 Å². The third-order valence-corrected chi connectivity index (χ3v) is 5.56. The summed E-state index contributed by atoms with van der Waals surface area (Å²) in [7, 11) is 1.53. The average Bonchev–Trinajstić information content (AvgIpc) is 2.97. The topological polar surface area (TPSA) is 40.2 Å². The third kappa shape index (κ3) is 3.85. The van der Waals surface area contributed by atoms with Crippen LogP contribution in [0.5, 0.6) is 0 Å². The van der Waals surface area contributed by atoms with Crippen LogP contribution in [0.4, 0.5) is 8.78 Å². The SMILES string of the molecule is CN=CC(C)(C/C=C/NC1CCCc2c1[nH]c1ccc(Br)cc21)C(F)F. The van der Waals surface area contributed by atoms with Gasteiger partial charge in [0, 0.05) is 34.3 Å². The Balaban J connectivity index is 1.74. The van der Waals surface area contributed by atoms with Crippen molar-refractivity contribution in [3.8, 4) is 0 Å². The standard InChI is InChI=1S/C20H24BrF2N3/c1-20(12-24-2,19(22)23)9-4-10-25-17-6-3-5-14-15-11-13(21)7-8-16(15)26-18(14)17/h4,7-8,10-12,17,19,25-26H,3,5-6,9H2,1-2H3/b10-4+,24-12?. The Morgan fingerprint density at radius 3 is 3.00 bits per heavy atom. The molecule has 6 heteroatoms. The predicted molar refractivity (Wildman–Crippen MR) is 107 cm³/mol. The zero-order valence-corrected chi connectivity index (χ0v) is 16.6. The lowest BCUT2D eigenvalue weighted by Gasteiger charge is -2.24. The van der Waals surface area contributed by atoms with E-state index in [2.05, 4.69) is 43.4 Å². The van der Waals surface area contributed by atoms with Crippen molar-refractivity contribution in [2.24, 2.45) is 10.4 Å². The molecule has 0 fully saturated rings. The van der Waals surface area contributed by atoms with Gasteiger partial charge in [0.05, 0.1) is 11.5 Å². The van der Waals surface area contributed by atoms with E-state index >= 15 is 0 Å². The molecule has 1 aliphatic carbocycles. The molecule has 2 aromatic rings. The molecule has 1 aromatic carbocycles. The van der Waals surface area contributed by atoms with Crippen molar-refractivity contribution in [2.45, 2.75) is 45.1 Å². The van der Waals surface area contributed by atoms with Gasteiger partial charge in [-0.15, -0.1) is 0 Å². The molecule has 3 rings (SSSR count).